The molecule has 0 aromatic heterocycles. The largest absolute Gasteiger partial charge is 0.493 e. The fourth-order valence-corrected chi connectivity index (χ4v) is 3.02. The Hall–Kier alpha value is -1.51. The van der Waals surface area contributed by atoms with Crippen molar-refractivity contribution < 1.29 is 4.74 Å². The van der Waals surface area contributed by atoms with Crippen molar-refractivity contribution in [2.75, 3.05) is 19.0 Å². The number of nitrogens with one attached hydrogen (secondary N) is 1. The normalized spacial score (nSPS) is 14.5. The molecule has 1 N–H and O–H groups in total. The fraction of sp³-hybridized carbons (Fsp3) is 0.333. The summed E-state index contributed by atoms with van der Waals surface area (Å²) in [5.41, 5.74) is 3.94. The Balaban J connectivity index is 1.55. The molecule has 110 valence electrons. The summed E-state index contributed by atoms with van der Waals surface area (Å²) in [4.78, 5) is 0. The number of halogens is 1. The summed E-state index contributed by atoms with van der Waals surface area (Å²) in [5.74, 6) is 1.64. The fourth-order valence-electron chi connectivity index (χ4n) is 2.73. The molecule has 2 nitrogen and oxygen atoms in total. The SMILES string of the molecule is ClCC(NCCc1ccc2c(c1)CCO2)c1ccccc1. The number of hydrogen-bond donors (Lipinski definition) is 1. The van der Waals surface area contributed by atoms with E-state index >= 15 is 0 Å². The molecule has 0 saturated carbocycles. The van der Waals surface area contributed by atoms with E-state index < -0.39 is 0 Å². The molecule has 1 unspecified atom stereocenters. The van der Waals surface area contributed by atoms with Crippen molar-refractivity contribution in [1.29, 1.82) is 0 Å². The minimum atomic E-state index is 0.214. The van der Waals surface area contributed by atoms with Crippen molar-refractivity contribution in [2.24, 2.45) is 0 Å². The third-order valence-electron chi connectivity index (χ3n) is 3.91. The van der Waals surface area contributed by atoms with E-state index in [2.05, 4.69) is 47.8 Å². The van der Waals surface area contributed by atoms with Crippen LogP contribution in [0.3, 0.4) is 0 Å². The maximum atomic E-state index is 6.08. The van der Waals surface area contributed by atoms with E-state index in [1.54, 1.807) is 0 Å². The first kappa shape index (κ1) is 14.4. The van der Waals surface area contributed by atoms with Crippen LogP contribution >= 0.6 is 11.6 Å². The van der Waals surface area contributed by atoms with Gasteiger partial charge in [0, 0.05) is 18.3 Å². The Kier molecular flexibility index (Phi) is 4.79. The van der Waals surface area contributed by atoms with Gasteiger partial charge in [0.15, 0.2) is 0 Å². The molecule has 0 spiro atoms. The van der Waals surface area contributed by atoms with Crippen molar-refractivity contribution in [3.8, 4) is 5.75 Å². The third kappa shape index (κ3) is 3.58. The average molecular weight is 302 g/mol. The lowest BCUT2D eigenvalue weighted by Gasteiger charge is -2.16. The third-order valence-corrected chi connectivity index (χ3v) is 4.22. The van der Waals surface area contributed by atoms with E-state index in [-0.39, 0.29) is 6.04 Å². The molecule has 2 aromatic carbocycles. The molecule has 0 radical (unpaired) electrons. The summed E-state index contributed by atoms with van der Waals surface area (Å²) in [6, 6.07) is 17.1. The van der Waals surface area contributed by atoms with Crippen LogP contribution in [-0.4, -0.2) is 19.0 Å². The Morgan fingerprint density at radius 2 is 2.00 bits per heavy atom. The van der Waals surface area contributed by atoms with Crippen LogP contribution in [0.4, 0.5) is 0 Å². The number of ether oxygens (including phenoxy) is 1. The molecule has 1 aliphatic rings. The lowest BCUT2D eigenvalue weighted by molar-refractivity contribution is 0.357. The molecule has 0 aliphatic carbocycles. The summed E-state index contributed by atoms with van der Waals surface area (Å²) in [7, 11) is 0. The Morgan fingerprint density at radius 1 is 1.14 bits per heavy atom. The molecule has 0 fully saturated rings. The Labute approximate surface area is 131 Å². The molecule has 21 heavy (non-hydrogen) atoms. The number of fused-ring (bicyclic) bond motifs is 1. The predicted octanol–water partition coefficient (Wildman–Crippen LogP) is 3.73. The van der Waals surface area contributed by atoms with Crippen molar-refractivity contribution in [1.82, 2.24) is 5.32 Å². The van der Waals surface area contributed by atoms with Gasteiger partial charge in [-0.1, -0.05) is 42.5 Å². The Bertz CT molecular complexity index is 585. The minimum absolute atomic E-state index is 0.214. The molecule has 0 saturated heterocycles. The zero-order chi connectivity index (χ0) is 14.5. The van der Waals surface area contributed by atoms with E-state index in [4.69, 9.17) is 16.3 Å². The molecule has 1 heterocycles. The van der Waals surface area contributed by atoms with Crippen molar-refractivity contribution in [2.45, 2.75) is 18.9 Å². The number of benzene rings is 2. The molecular formula is C18H20ClNO. The quantitative estimate of drug-likeness (QED) is 0.821. The molecule has 3 rings (SSSR count). The van der Waals surface area contributed by atoms with Gasteiger partial charge in [0.05, 0.1) is 6.61 Å². The van der Waals surface area contributed by atoms with Crippen LogP contribution in [0, 0.1) is 0 Å². The van der Waals surface area contributed by atoms with Gasteiger partial charge in [0.2, 0.25) is 0 Å². The van der Waals surface area contributed by atoms with Crippen molar-refractivity contribution >= 4 is 11.6 Å². The smallest absolute Gasteiger partial charge is 0.122 e. The highest BCUT2D eigenvalue weighted by atomic mass is 35.5. The maximum absolute atomic E-state index is 6.08. The Morgan fingerprint density at radius 3 is 2.81 bits per heavy atom. The van der Waals surface area contributed by atoms with Gasteiger partial charge in [-0.25, -0.2) is 0 Å². The maximum Gasteiger partial charge on any atom is 0.122 e. The van der Waals surface area contributed by atoms with Crippen LogP contribution in [0.2, 0.25) is 0 Å². The average Bonchev–Trinajstić information content (AvgIpc) is 3.00. The first-order valence-electron chi connectivity index (χ1n) is 7.46. The molecule has 2 aromatic rings. The summed E-state index contributed by atoms with van der Waals surface area (Å²) in [5, 5.41) is 3.54. The van der Waals surface area contributed by atoms with Gasteiger partial charge in [-0.2, -0.15) is 0 Å². The molecule has 1 atom stereocenters. The highest BCUT2D eigenvalue weighted by Crippen LogP contribution is 2.26. The lowest BCUT2D eigenvalue weighted by atomic mass is 10.1. The van der Waals surface area contributed by atoms with Gasteiger partial charge in [-0.05, 0) is 35.7 Å². The van der Waals surface area contributed by atoms with E-state index in [1.165, 1.54) is 16.7 Å². The van der Waals surface area contributed by atoms with Crippen LogP contribution in [0.25, 0.3) is 0 Å². The molecule has 1 aliphatic heterocycles. The van der Waals surface area contributed by atoms with Crippen LogP contribution in [0.1, 0.15) is 22.7 Å². The summed E-state index contributed by atoms with van der Waals surface area (Å²) in [6.07, 6.45) is 2.04. The first-order chi connectivity index (χ1) is 10.4. The van der Waals surface area contributed by atoms with Gasteiger partial charge in [-0.3, -0.25) is 0 Å². The summed E-state index contributed by atoms with van der Waals surface area (Å²) in [6.45, 7) is 1.74. The number of hydrogen-bond acceptors (Lipinski definition) is 2. The van der Waals surface area contributed by atoms with Crippen molar-refractivity contribution in [3.63, 3.8) is 0 Å². The highest BCUT2D eigenvalue weighted by Gasteiger charge is 2.12. The highest BCUT2D eigenvalue weighted by molar-refractivity contribution is 6.18. The van der Waals surface area contributed by atoms with Gasteiger partial charge < -0.3 is 10.1 Å². The van der Waals surface area contributed by atoms with Crippen LogP contribution in [0.15, 0.2) is 48.5 Å². The zero-order valence-electron chi connectivity index (χ0n) is 12.0. The van der Waals surface area contributed by atoms with Crippen LogP contribution in [-0.2, 0) is 12.8 Å². The second kappa shape index (κ2) is 6.97. The van der Waals surface area contributed by atoms with Crippen LogP contribution in [0.5, 0.6) is 5.75 Å². The van der Waals surface area contributed by atoms with Crippen molar-refractivity contribution in [3.05, 3.63) is 65.2 Å². The van der Waals surface area contributed by atoms with Gasteiger partial charge in [0.25, 0.3) is 0 Å². The molecular weight excluding hydrogens is 282 g/mol. The van der Waals surface area contributed by atoms with E-state index in [9.17, 15) is 0 Å². The molecule has 3 heteroatoms. The molecule has 0 bridgehead atoms. The van der Waals surface area contributed by atoms with E-state index in [0.29, 0.717) is 5.88 Å². The van der Waals surface area contributed by atoms with Crippen LogP contribution < -0.4 is 10.1 Å². The van der Waals surface area contributed by atoms with Gasteiger partial charge >= 0.3 is 0 Å². The minimum Gasteiger partial charge on any atom is -0.493 e. The van der Waals surface area contributed by atoms with Gasteiger partial charge in [0.1, 0.15) is 5.75 Å². The van der Waals surface area contributed by atoms with E-state index in [0.717, 1.165) is 31.7 Å². The lowest BCUT2D eigenvalue weighted by Crippen LogP contribution is -2.25. The monoisotopic (exact) mass is 301 g/mol. The summed E-state index contributed by atoms with van der Waals surface area (Å²) >= 11 is 6.08. The second-order valence-electron chi connectivity index (χ2n) is 5.36. The topological polar surface area (TPSA) is 21.3 Å². The van der Waals surface area contributed by atoms with E-state index in [1.807, 2.05) is 6.07 Å². The predicted molar refractivity (Wildman–Crippen MR) is 87.3 cm³/mol. The summed E-state index contributed by atoms with van der Waals surface area (Å²) < 4.78 is 5.54. The first-order valence-corrected chi connectivity index (χ1v) is 7.99. The number of rotatable bonds is 6. The zero-order valence-corrected chi connectivity index (χ0v) is 12.8. The second-order valence-corrected chi connectivity index (χ2v) is 5.67. The number of alkyl halides is 1. The van der Waals surface area contributed by atoms with Gasteiger partial charge in [-0.15, -0.1) is 11.6 Å². The molecule has 0 amide bonds. The standard InChI is InChI=1S/C18H20ClNO/c19-13-17(15-4-2-1-3-5-15)20-10-8-14-6-7-18-16(12-14)9-11-21-18/h1-7,12,17,20H,8-11,13H2.